The minimum Gasteiger partial charge on any atom is -0.496 e. The number of benzene rings is 1. The van der Waals surface area contributed by atoms with Crippen LogP contribution in [-0.2, 0) is 0 Å². The molecule has 1 N–H and O–H groups in total. The second-order valence-electron chi connectivity index (χ2n) is 4.60. The second kappa shape index (κ2) is 5.73. The van der Waals surface area contributed by atoms with Crippen LogP contribution >= 0.6 is 15.9 Å². The molecule has 5 nitrogen and oxygen atoms in total. The molecule has 0 saturated carbocycles. The molecule has 22 heavy (non-hydrogen) atoms. The molecule has 0 atom stereocenters. The number of hydrogen-bond acceptors (Lipinski definition) is 4. The Balaban J connectivity index is 2.25. The van der Waals surface area contributed by atoms with E-state index in [9.17, 15) is 9.90 Å². The van der Waals surface area contributed by atoms with Crippen LogP contribution in [0.25, 0.3) is 22.2 Å². The topological polar surface area (TPSA) is 72.3 Å². The van der Waals surface area contributed by atoms with Crippen LogP contribution in [-0.4, -0.2) is 28.2 Å². The van der Waals surface area contributed by atoms with Crippen molar-refractivity contribution in [2.75, 3.05) is 7.11 Å². The normalized spacial score (nSPS) is 10.6. The molecule has 0 bridgehead atoms. The van der Waals surface area contributed by atoms with Gasteiger partial charge >= 0.3 is 5.97 Å². The zero-order chi connectivity index (χ0) is 15.7. The van der Waals surface area contributed by atoms with Crippen molar-refractivity contribution in [1.82, 2.24) is 9.97 Å². The van der Waals surface area contributed by atoms with E-state index in [0.29, 0.717) is 22.3 Å². The van der Waals surface area contributed by atoms with E-state index in [1.54, 1.807) is 25.4 Å². The van der Waals surface area contributed by atoms with Crippen molar-refractivity contribution in [2.24, 2.45) is 0 Å². The number of methoxy groups -OCH3 is 1. The third-order valence-electron chi connectivity index (χ3n) is 3.29. The van der Waals surface area contributed by atoms with E-state index in [-0.39, 0.29) is 5.56 Å². The van der Waals surface area contributed by atoms with Gasteiger partial charge in [-0.15, -0.1) is 0 Å². The van der Waals surface area contributed by atoms with Crippen LogP contribution < -0.4 is 4.74 Å². The molecule has 0 aliphatic heterocycles. The molecule has 0 saturated heterocycles. The molecule has 0 spiro atoms. The van der Waals surface area contributed by atoms with Crippen molar-refractivity contribution in [1.29, 1.82) is 0 Å². The summed E-state index contributed by atoms with van der Waals surface area (Å²) in [5.41, 5.74) is 2.12. The zero-order valence-electron chi connectivity index (χ0n) is 11.6. The van der Waals surface area contributed by atoms with Crippen molar-refractivity contribution in [3.63, 3.8) is 0 Å². The first-order chi connectivity index (χ1) is 10.6. The van der Waals surface area contributed by atoms with E-state index in [1.807, 2.05) is 18.2 Å². The number of aromatic nitrogens is 2. The highest BCUT2D eigenvalue weighted by molar-refractivity contribution is 9.10. The molecule has 2 heterocycles. The number of aromatic carboxylic acids is 1. The SMILES string of the molecule is COc1cc(-c2cc(C(=O)O)c3cnccc3n2)ccc1Br. The number of nitrogens with zero attached hydrogens (tertiary/aromatic N) is 2. The van der Waals surface area contributed by atoms with E-state index in [1.165, 1.54) is 6.20 Å². The summed E-state index contributed by atoms with van der Waals surface area (Å²) in [6.07, 6.45) is 3.10. The summed E-state index contributed by atoms with van der Waals surface area (Å²) < 4.78 is 6.09. The third-order valence-corrected chi connectivity index (χ3v) is 3.94. The van der Waals surface area contributed by atoms with E-state index in [0.717, 1.165) is 10.0 Å². The largest absolute Gasteiger partial charge is 0.496 e. The summed E-state index contributed by atoms with van der Waals surface area (Å²) in [4.78, 5) is 20.0. The Kier molecular flexibility index (Phi) is 3.77. The van der Waals surface area contributed by atoms with Crippen LogP contribution in [0.4, 0.5) is 0 Å². The molecule has 1 aromatic carbocycles. The van der Waals surface area contributed by atoms with Gasteiger partial charge in [0.15, 0.2) is 0 Å². The Morgan fingerprint density at radius 3 is 2.82 bits per heavy atom. The first-order valence-electron chi connectivity index (χ1n) is 6.42. The predicted molar refractivity (Wildman–Crippen MR) is 86.2 cm³/mol. The van der Waals surface area contributed by atoms with Crippen LogP contribution in [0, 0.1) is 0 Å². The number of carboxylic acids is 1. The molecular formula is C16H11BrN2O3. The predicted octanol–water partition coefficient (Wildman–Crippen LogP) is 3.77. The Bertz CT molecular complexity index is 880. The molecule has 0 amide bonds. The molecule has 110 valence electrons. The monoisotopic (exact) mass is 358 g/mol. The maximum atomic E-state index is 11.5. The van der Waals surface area contributed by atoms with Crippen LogP contribution in [0.2, 0.25) is 0 Å². The fraction of sp³-hybridized carbons (Fsp3) is 0.0625. The highest BCUT2D eigenvalue weighted by atomic mass is 79.9. The van der Waals surface area contributed by atoms with Gasteiger partial charge in [0.25, 0.3) is 0 Å². The van der Waals surface area contributed by atoms with Gasteiger partial charge in [0.1, 0.15) is 5.75 Å². The lowest BCUT2D eigenvalue weighted by molar-refractivity contribution is 0.0699. The number of fused-ring (bicyclic) bond motifs is 1. The van der Waals surface area contributed by atoms with Gasteiger partial charge in [0.2, 0.25) is 0 Å². The maximum absolute atomic E-state index is 11.5. The zero-order valence-corrected chi connectivity index (χ0v) is 13.2. The minimum absolute atomic E-state index is 0.176. The van der Waals surface area contributed by atoms with Gasteiger partial charge < -0.3 is 9.84 Å². The number of halogens is 1. The van der Waals surface area contributed by atoms with Gasteiger partial charge in [-0.25, -0.2) is 9.78 Å². The van der Waals surface area contributed by atoms with Crippen molar-refractivity contribution in [3.05, 3.63) is 52.8 Å². The van der Waals surface area contributed by atoms with Gasteiger partial charge in [0.05, 0.1) is 28.4 Å². The number of carboxylic acid groups (broad SMARTS) is 1. The highest BCUT2D eigenvalue weighted by Crippen LogP contribution is 2.31. The van der Waals surface area contributed by atoms with Crippen LogP contribution in [0.15, 0.2) is 47.2 Å². The van der Waals surface area contributed by atoms with Gasteiger partial charge in [-0.1, -0.05) is 6.07 Å². The molecule has 2 aromatic heterocycles. The summed E-state index contributed by atoms with van der Waals surface area (Å²) in [5.74, 6) is -0.350. The first kappa shape index (κ1) is 14.5. The smallest absolute Gasteiger partial charge is 0.336 e. The second-order valence-corrected chi connectivity index (χ2v) is 5.46. The molecular weight excluding hydrogens is 348 g/mol. The lowest BCUT2D eigenvalue weighted by Crippen LogP contribution is -2.00. The van der Waals surface area contributed by atoms with E-state index < -0.39 is 5.97 Å². The van der Waals surface area contributed by atoms with Gasteiger partial charge in [-0.3, -0.25) is 4.98 Å². The van der Waals surface area contributed by atoms with Crippen molar-refractivity contribution in [2.45, 2.75) is 0 Å². The summed E-state index contributed by atoms with van der Waals surface area (Å²) in [5, 5.41) is 9.93. The summed E-state index contributed by atoms with van der Waals surface area (Å²) in [7, 11) is 1.58. The van der Waals surface area contributed by atoms with Gasteiger partial charge in [-0.05, 0) is 40.2 Å². The Morgan fingerprint density at radius 1 is 1.27 bits per heavy atom. The molecule has 0 aliphatic rings. The molecule has 6 heteroatoms. The maximum Gasteiger partial charge on any atom is 0.336 e. The van der Waals surface area contributed by atoms with Crippen molar-refractivity contribution >= 4 is 32.8 Å². The molecule has 0 radical (unpaired) electrons. The fourth-order valence-electron chi connectivity index (χ4n) is 2.21. The van der Waals surface area contributed by atoms with Gasteiger partial charge in [0, 0.05) is 23.3 Å². The Labute approximate surface area is 134 Å². The Morgan fingerprint density at radius 2 is 2.09 bits per heavy atom. The summed E-state index contributed by atoms with van der Waals surface area (Å²) >= 11 is 3.39. The van der Waals surface area contributed by atoms with Crippen LogP contribution in [0.3, 0.4) is 0 Å². The van der Waals surface area contributed by atoms with E-state index >= 15 is 0 Å². The Hall–Kier alpha value is -2.47. The van der Waals surface area contributed by atoms with Crippen molar-refractivity contribution < 1.29 is 14.6 Å². The first-order valence-corrected chi connectivity index (χ1v) is 7.21. The molecule has 0 unspecified atom stereocenters. The summed E-state index contributed by atoms with van der Waals surface area (Å²) in [6, 6.07) is 8.75. The molecule has 3 rings (SSSR count). The minimum atomic E-state index is -1.01. The molecule has 3 aromatic rings. The highest BCUT2D eigenvalue weighted by Gasteiger charge is 2.14. The molecule has 0 aliphatic carbocycles. The van der Waals surface area contributed by atoms with Crippen LogP contribution in [0.5, 0.6) is 5.75 Å². The van der Waals surface area contributed by atoms with Gasteiger partial charge in [-0.2, -0.15) is 0 Å². The average Bonchev–Trinajstić information content (AvgIpc) is 2.54. The lowest BCUT2D eigenvalue weighted by Gasteiger charge is -2.09. The van der Waals surface area contributed by atoms with Crippen LogP contribution in [0.1, 0.15) is 10.4 Å². The summed E-state index contributed by atoms with van der Waals surface area (Å²) in [6.45, 7) is 0. The third kappa shape index (κ3) is 2.53. The lowest BCUT2D eigenvalue weighted by atomic mass is 10.1. The van der Waals surface area contributed by atoms with Crippen molar-refractivity contribution in [3.8, 4) is 17.0 Å². The van der Waals surface area contributed by atoms with E-state index in [2.05, 4.69) is 25.9 Å². The number of hydrogen-bond donors (Lipinski definition) is 1. The standard InChI is InChI=1S/C16H11BrN2O3/c1-22-15-6-9(2-3-12(15)17)14-7-10(16(20)21)11-8-18-5-4-13(11)19-14/h2-8H,1H3,(H,20,21). The quantitative estimate of drug-likeness (QED) is 0.771. The average molecular weight is 359 g/mol. The van der Waals surface area contributed by atoms with E-state index in [4.69, 9.17) is 4.74 Å². The number of rotatable bonds is 3. The molecule has 0 fully saturated rings. The fourth-order valence-corrected chi connectivity index (χ4v) is 2.62. The number of pyridine rings is 2. The number of carbonyl (C=O) groups is 1. The number of ether oxygens (including phenoxy) is 1.